The van der Waals surface area contributed by atoms with Crippen molar-refractivity contribution in [1.82, 2.24) is 0 Å². The van der Waals surface area contributed by atoms with E-state index in [0.29, 0.717) is 6.61 Å². The van der Waals surface area contributed by atoms with Crippen LogP contribution in [-0.4, -0.2) is 7.11 Å². The van der Waals surface area contributed by atoms with Crippen LogP contribution in [0.5, 0.6) is 0 Å². The summed E-state index contributed by atoms with van der Waals surface area (Å²) in [7, 11) is 1.63. The fraction of sp³-hybridized carbons (Fsp3) is 0.429. The molecule has 0 aliphatic heterocycles. The topological polar surface area (TPSA) is 61.5 Å². The van der Waals surface area contributed by atoms with Gasteiger partial charge >= 0.3 is 0 Å². The number of hydrogen-bond donors (Lipinski definition) is 1. The highest BCUT2D eigenvalue weighted by atomic mass is 16.5. The minimum Gasteiger partial charge on any atom is -0.466 e. The second-order valence-electron chi connectivity index (χ2n) is 4.47. The SMILES string of the molecule is COCc1ccc(C(N)c2c(C)oc(C)c2C)o1. The summed E-state index contributed by atoms with van der Waals surface area (Å²) in [4.78, 5) is 0. The van der Waals surface area contributed by atoms with E-state index >= 15 is 0 Å². The Balaban J connectivity index is 2.32. The average Bonchev–Trinajstić information content (AvgIpc) is 2.86. The third-order valence-corrected chi connectivity index (χ3v) is 3.20. The molecule has 0 saturated heterocycles. The third-order valence-electron chi connectivity index (χ3n) is 3.20. The minimum absolute atomic E-state index is 0.298. The lowest BCUT2D eigenvalue weighted by molar-refractivity contribution is 0.162. The maximum absolute atomic E-state index is 6.25. The average molecular weight is 249 g/mol. The zero-order chi connectivity index (χ0) is 13.3. The Morgan fingerprint density at radius 1 is 1.17 bits per heavy atom. The molecular weight excluding hydrogens is 230 g/mol. The van der Waals surface area contributed by atoms with Gasteiger partial charge in [0.1, 0.15) is 29.6 Å². The number of furan rings is 2. The van der Waals surface area contributed by atoms with Crippen LogP contribution in [0, 0.1) is 20.8 Å². The number of hydrogen-bond acceptors (Lipinski definition) is 4. The zero-order valence-electron chi connectivity index (χ0n) is 11.2. The molecule has 4 nitrogen and oxygen atoms in total. The Kier molecular flexibility index (Phi) is 3.59. The second kappa shape index (κ2) is 5.00. The van der Waals surface area contributed by atoms with E-state index < -0.39 is 0 Å². The summed E-state index contributed by atoms with van der Waals surface area (Å²) in [5.74, 6) is 3.26. The van der Waals surface area contributed by atoms with Crippen LogP contribution in [0.25, 0.3) is 0 Å². The highest BCUT2D eigenvalue weighted by Crippen LogP contribution is 2.30. The van der Waals surface area contributed by atoms with Gasteiger partial charge in [0.05, 0.1) is 6.04 Å². The summed E-state index contributed by atoms with van der Waals surface area (Å²) < 4.78 is 16.3. The summed E-state index contributed by atoms with van der Waals surface area (Å²) in [6.07, 6.45) is 0. The number of nitrogens with two attached hydrogens (primary N) is 1. The number of ether oxygens (including phenoxy) is 1. The number of methoxy groups -OCH3 is 1. The maximum Gasteiger partial charge on any atom is 0.129 e. The van der Waals surface area contributed by atoms with Crippen LogP contribution < -0.4 is 5.73 Å². The molecule has 2 N–H and O–H groups in total. The Morgan fingerprint density at radius 3 is 2.44 bits per heavy atom. The van der Waals surface area contributed by atoms with Gasteiger partial charge in [-0.05, 0) is 38.5 Å². The lowest BCUT2D eigenvalue weighted by Gasteiger charge is -2.09. The molecule has 2 aromatic heterocycles. The first-order chi connectivity index (χ1) is 8.54. The van der Waals surface area contributed by atoms with Crippen molar-refractivity contribution in [3.05, 3.63) is 46.3 Å². The van der Waals surface area contributed by atoms with E-state index in [1.54, 1.807) is 7.11 Å². The van der Waals surface area contributed by atoms with Gasteiger partial charge in [0.2, 0.25) is 0 Å². The molecule has 0 bridgehead atoms. The largest absolute Gasteiger partial charge is 0.466 e. The van der Waals surface area contributed by atoms with E-state index in [1.807, 2.05) is 32.9 Å². The quantitative estimate of drug-likeness (QED) is 0.904. The Morgan fingerprint density at radius 2 is 1.89 bits per heavy atom. The van der Waals surface area contributed by atoms with Crippen molar-refractivity contribution in [3.8, 4) is 0 Å². The number of rotatable bonds is 4. The molecular formula is C14H19NO3. The molecule has 2 heterocycles. The van der Waals surface area contributed by atoms with E-state index in [4.69, 9.17) is 19.3 Å². The van der Waals surface area contributed by atoms with Crippen LogP contribution in [0.1, 0.15) is 40.2 Å². The molecule has 0 spiro atoms. The number of aryl methyl sites for hydroxylation is 2. The minimum atomic E-state index is -0.298. The van der Waals surface area contributed by atoms with Gasteiger partial charge in [-0.3, -0.25) is 0 Å². The zero-order valence-corrected chi connectivity index (χ0v) is 11.2. The van der Waals surface area contributed by atoms with Crippen LogP contribution in [0.2, 0.25) is 0 Å². The molecule has 0 aromatic carbocycles. The lowest BCUT2D eigenvalue weighted by atomic mass is 10.0. The third kappa shape index (κ3) is 2.21. The summed E-state index contributed by atoms with van der Waals surface area (Å²) in [6.45, 7) is 6.33. The molecule has 1 atom stereocenters. The fourth-order valence-electron chi connectivity index (χ4n) is 2.19. The fourth-order valence-corrected chi connectivity index (χ4v) is 2.19. The summed E-state index contributed by atoms with van der Waals surface area (Å²) >= 11 is 0. The van der Waals surface area contributed by atoms with Crippen LogP contribution in [-0.2, 0) is 11.3 Å². The summed E-state index contributed by atoms with van der Waals surface area (Å²) in [5, 5.41) is 0. The maximum atomic E-state index is 6.25. The highest BCUT2D eigenvalue weighted by molar-refractivity contribution is 5.38. The normalized spacial score (nSPS) is 12.9. The Labute approximate surface area is 107 Å². The van der Waals surface area contributed by atoms with E-state index in [1.165, 1.54) is 0 Å². The molecule has 98 valence electrons. The smallest absolute Gasteiger partial charge is 0.129 e. The van der Waals surface area contributed by atoms with Crippen LogP contribution in [0.4, 0.5) is 0 Å². The van der Waals surface area contributed by atoms with Crippen LogP contribution in [0.3, 0.4) is 0 Å². The first-order valence-electron chi connectivity index (χ1n) is 5.94. The molecule has 18 heavy (non-hydrogen) atoms. The van der Waals surface area contributed by atoms with Crippen LogP contribution in [0.15, 0.2) is 21.0 Å². The molecule has 1 unspecified atom stereocenters. The molecule has 0 fully saturated rings. The van der Waals surface area contributed by atoms with Gasteiger partial charge in [-0.2, -0.15) is 0 Å². The first kappa shape index (κ1) is 12.9. The van der Waals surface area contributed by atoms with Gasteiger partial charge < -0.3 is 19.3 Å². The van der Waals surface area contributed by atoms with E-state index in [0.717, 1.165) is 34.2 Å². The van der Waals surface area contributed by atoms with Gasteiger partial charge in [0.25, 0.3) is 0 Å². The van der Waals surface area contributed by atoms with Gasteiger partial charge in [-0.15, -0.1) is 0 Å². The Bertz CT molecular complexity index is 539. The standard InChI is InChI=1S/C14H19NO3/c1-8-9(2)17-10(3)13(8)14(15)12-6-5-11(18-12)7-16-4/h5-6,14H,7,15H2,1-4H3. The van der Waals surface area contributed by atoms with Crippen molar-refractivity contribution in [2.24, 2.45) is 5.73 Å². The molecule has 0 amide bonds. The van der Waals surface area contributed by atoms with Gasteiger partial charge in [-0.25, -0.2) is 0 Å². The lowest BCUT2D eigenvalue weighted by Crippen LogP contribution is -2.12. The van der Waals surface area contributed by atoms with Crippen molar-refractivity contribution in [2.45, 2.75) is 33.4 Å². The van der Waals surface area contributed by atoms with Gasteiger partial charge in [0.15, 0.2) is 0 Å². The van der Waals surface area contributed by atoms with Crippen molar-refractivity contribution >= 4 is 0 Å². The van der Waals surface area contributed by atoms with Crippen molar-refractivity contribution in [1.29, 1.82) is 0 Å². The molecule has 0 aliphatic carbocycles. The van der Waals surface area contributed by atoms with Gasteiger partial charge in [0, 0.05) is 12.7 Å². The first-order valence-corrected chi connectivity index (χ1v) is 5.94. The van der Waals surface area contributed by atoms with Crippen molar-refractivity contribution in [3.63, 3.8) is 0 Å². The van der Waals surface area contributed by atoms with Crippen molar-refractivity contribution in [2.75, 3.05) is 7.11 Å². The molecule has 2 aromatic rings. The molecule has 4 heteroatoms. The Hall–Kier alpha value is -1.52. The molecule has 0 aliphatic rings. The van der Waals surface area contributed by atoms with E-state index in [2.05, 4.69) is 0 Å². The molecule has 2 rings (SSSR count). The second-order valence-corrected chi connectivity index (χ2v) is 4.47. The molecule has 0 radical (unpaired) electrons. The summed E-state index contributed by atoms with van der Waals surface area (Å²) in [6, 6.07) is 3.48. The van der Waals surface area contributed by atoms with Crippen LogP contribution >= 0.6 is 0 Å². The summed E-state index contributed by atoms with van der Waals surface area (Å²) in [5.41, 5.74) is 8.34. The predicted molar refractivity (Wildman–Crippen MR) is 68.4 cm³/mol. The monoisotopic (exact) mass is 249 g/mol. The van der Waals surface area contributed by atoms with Gasteiger partial charge in [-0.1, -0.05) is 0 Å². The van der Waals surface area contributed by atoms with E-state index in [9.17, 15) is 0 Å². The predicted octanol–water partition coefficient (Wildman–Crippen LogP) is 2.99. The highest BCUT2D eigenvalue weighted by Gasteiger charge is 2.21. The van der Waals surface area contributed by atoms with E-state index in [-0.39, 0.29) is 6.04 Å². The molecule has 0 saturated carbocycles. The van der Waals surface area contributed by atoms with Crippen molar-refractivity contribution < 1.29 is 13.6 Å².